The van der Waals surface area contributed by atoms with Crippen molar-refractivity contribution in [1.82, 2.24) is 0 Å². The highest BCUT2D eigenvalue weighted by molar-refractivity contribution is 7.55. The lowest BCUT2D eigenvalue weighted by molar-refractivity contribution is 0.470. The predicted molar refractivity (Wildman–Crippen MR) is 120 cm³/mol. The molecule has 0 aliphatic rings. The normalized spacial score (nSPS) is 14.1. The van der Waals surface area contributed by atoms with E-state index in [-0.39, 0.29) is 22.0 Å². The first kappa shape index (κ1) is 22.7. The molecule has 2 aromatic carbocycles. The summed E-state index contributed by atoms with van der Waals surface area (Å²) < 4.78 is 5.96. The minimum Gasteiger partial charge on any atom is -0.508 e. The smallest absolute Gasteiger partial charge is 0.262 e. The minimum absolute atomic E-state index is 0.00849. The quantitative estimate of drug-likeness (QED) is 0.593. The topological polar surface area (TPSA) is 49.7 Å². The highest BCUT2D eigenvalue weighted by Gasteiger charge is 2.33. The predicted octanol–water partition coefficient (Wildman–Crippen LogP) is 6.29. The lowest BCUT2D eigenvalue weighted by atomic mass is 9.75. The molecule has 0 aromatic heterocycles. The van der Waals surface area contributed by atoms with E-state index in [4.69, 9.17) is 4.52 Å². The molecule has 1 unspecified atom stereocenters. The molecule has 0 fully saturated rings. The molecule has 2 aromatic rings. The van der Waals surface area contributed by atoms with Gasteiger partial charge in [0.15, 0.2) is 0 Å². The van der Waals surface area contributed by atoms with E-state index in [1.54, 1.807) is 24.3 Å². The van der Waals surface area contributed by atoms with Crippen LogP contribution in [0.1, 0.15) is 79.0 Å². The van der Waals surface area contributed by atoms with E-state index >= 15 is 0 Å². The number of hydrogen-bond acceptors (Lipinski definition) is 3. The van der Waals surface area contributed by atoms with Crippen molar-refractivity contribution in [1.29, 1.82) is 0 Å². The minimum atomic E-state index is -1.86. The van der Waals surface area contributed by atoms with E-state index in [0.717, 1.165) is 16.4 Å². The van der Waals surface area contributed by atoms with Gasteiger partial charge in [0.1, 0.15) is 11.5 Å². The van der Waals surface area contributed by atoms with Crippen molar-refractivity contribution >= 4 is 13.7 Å². The first-order valence-corrected chi connectivity index (χ1v) is 11.0. The number of benzene rings is 2. The molecule has 0 amide bonds. The fourth-order valence-corrected chi connectivity index (χ4v) is 4.69. The second kappa shape index (κ2) is 7.69. The summed E-state index contributed by atoms with van der Waals surface area (Å²) in [6.07, 6.45) is 0. The summed E-state index contributed by atoms with van der Waals surface area (Å²) in [6.45, 7) is 19.7. The molecule has 0 aliphatic carbocycles. The number of phenolic OH excluding ortho intramolecular Hbond substituents is 1. The van der Waals surface area contributed by atoms with Crippen LogP contribution in [0.25, 0.3) is 0 Å². The molecule has 0 saturated carbocycles. The van der Waals surface area contributed by atoms with Gasteiger partial charge in [-0.15, -0.1) is 0 Å². The summed E-state index contributed by atoms with van der Waals surface area (Å²) in [6, 6.07) is 11.0. The van der Waals surface area contributed by atoms with Gasteiger partial charge < -0.3 is 14.5 Å². The molecule has 0 aliphatic heterocycles. The second-order valence-corrected chi connectivity index (χ2v) is 11.7. The van der Waals surface area contributed by atoms with Gasteiger partial charge in [0, 0.05) is 5.30 Å². The van der Waals surface area contributed by atoms with Gasteiger partial charge in [0.25, 0.3) is 8.38 Å². The molecule has 0 spiro atoms. The van der Waals surface area contributed by atoms with Crippen molar-refractivity contribution in [2.24, 2.45) is 0 Å². The third-order valence-corrected chi connectivity index (χ3v) is 6.06. The first-order valence-electron chi connectivity index (χ1n) is 9.76. The van der Waals surface area contributed by atoms with E-state index in [2.05, 4.69) is 74.4 Å². The van der Waals surface area contributed by atoms with Crippen LogP contribution in [0.4, 0.5) is 0 Å². The highest BCUT2D eigenvalue weighted by Crippen LogP contribution is 2.43. The van der Waals surface area contributed by atoms with Gasteiger partial charge in [-0.05, 0) is 57.2 Å². The molecule has 2 rings (SSSR count). The highest BCUT2D eigenvalue weighted by atomic mass is 31.2. The van der Waals surface area contributed by atoms with Crippen molar-refractivity contribution in [2.45, 2.75) is 78.6 Å². The summed E-state index contributed by atoms with van der Waals surface area (Å²) in [7, 11) is -1.86. The Morgan fingerprint density at radius 1 is 0.714 bits per heavy atom. The third kappa shape index (κ3) is 5.27. The Balaban J connectivity index is 2.70. The van der Waals surface area contributed by atoms with Crippen LogP contribution in [0.3, 0.4) is 0 Å². The lowest BCUT2D eigenvalue weighted by Gasteiger charge is -2.34. The average Bonchev–Trinajstić information content (AvgIpc) is 2.53. The zero-order valence-corrected chi connectivity index (χ0v) is 19.6. The second-order valence-electron chi connectivity index (χ2n) is 10.5. The van der Waals surface area contributed by atoms with Gasteiger partial charge in [-0.25, -0.2) is 0 Å². The van der Waals surface area contributed by atoms with Crippen LogP contribution in [0.15, 0.2) is 36.4 Å². The molecule has 0 radical (unpaired) electrons. The molecule has 28 heavy (non-hydrogen) atoms. The lowest BCUT2D eigenvalue weighted by Crippen LogP contribution is -2.32. The number of phenols is 1. The Hall–Kier alpha value is -1.57. The van der Waals surface area contributed by atoms with Crippen LogP contribution >= 0.6 is 8.38 Å². The number of hydrogen-bond donors (Lipinski definition) is 2. The van der Waals surface area contributed by atoms with Gasteiger partial charge in [-0.2, -0.15) is 0 Å². The van der Waals surface area contributed by atoms with E-state index in [1.807, 2.05) is 0 Å². The fraction of sp³-hybridized carbons (Fsp3) is 0.500. The van der Waals surface area contributed by atoms with Gasteiger partial charge in [0.2, 0.25) is 0 Å². The van der Waals surface area contributed by atoms with Gasteiger partial charge in [-0.1, -0.05) is 74.4 Å². The monoisotopic (exact) mass is 402 g/mol. The zero-order chi connectivity index (χ0) is 21.5. The van der Waals surface area contributed by atoms with E-state index in [9.17, 15) is 10.00 Å². The summed E-state index contributed by atoms with van der Waals surface area (Å²) in [4.78, 5) is 11.2. The molecule has 154 valence electrons. The molecule has 0 saturated heterocycles. The van der Waals surface area contributed by atoms with E-state index < -0.39 is 8.38 Å². The number of aromatic hydroxyl groups is 1. The maximum atomic E-state index is 11.2. The molecular weight excluding hydrogens is 367 g/mol. The maximum Gasteiger partial charge on any atom is 0.262 e. The molecule has 3 nitrogen and oxygen atoms in total. The summed E-state index contributed by atoms with van der Waals surface area (Å²) in [5.41, 5.74) is 3.24. The summed E-state index contributed by atoms with van der Waals surface area (Å²) in [5, 5.41) is 10.4. The van der Waals surface area contributed by atoms with Crippen LogP contribution in [-0.4, -0.2) is 10.00 Å². The molecule has 1 atom stereocenters. The third-order valence-electron chi connectivity index (χ3n) is 4.81. The van der Waals surface area contributed by atoms with Crippen molar-refractivity contribution in [3.05, 3.63) is 53.1 Å². The Morgan fingerprint density at radius 3 is 1.50 bits per heavy atom. The Labute approximate surface area is 171 Å². The van der Waals surface area contributed by atoms with Crippen LogP contribution in [0, 0.1) is 0 Å². The molecule has 2 N–H and O–H groups in total. The van der Waals surface area contributed by atoms with Gasteiger partial charge in [0.05, 0.1) is 0 Å². The SMILES string of the molecule is CC(C)(C)c1cc(C(C)(C)C)c(P(O)Oc2ccc(O)cc2)c(C(C)(C)C)c1. The van der Waals surface area contributed by atoms with Crippen molar-refractivity contribution in [2.75, 3.05) is 0 Å². The van der Waals surface area contributed by atoms with Crippen LogP contribution in [0.5, 0.6) is 11.5 Å². The molecule has 0 bridgehead atoms. The van der Waals surface area contributed by atoms with Gasteiger partial charge in [-0.3, -0.25) is 0 Å². The Bertz CT molecular complexity index is 784. The standard InChI is InChI=1S/C24H35O3P/c1-22(2,3)16-14-19(23(4,5)6)21(20(15-16)24(7,8)9)28(26)27-18-12-10-17(25)11-13-18/h10-15,25-26H,1-9H3. The Morgan fingerprint density at radius 2 is 1.14 bits per heavy atom. The van der Waals surface area contributed by atoms with Gasteiger partial charge >= 0.3 is 0 Å². The summed E-state index contributed by atoms with van der Waals surface area (Å²) >= 11 is 0. The van der Waals surface area contributed by atoms with Crippen molar-refractivity contribution < 1.29 is 14.5 Å². The first-order chi connectivity index (χ1) is 12.6. The number of rotatable bonds is 3. The maximum absolute atomic E-state index is 11.2. The average molecular weight is 403 g/mol. The fourth-order valence-electron chi connectivity index (χ4n) is 3.07. The van der Waals surface area contributed by atoms with Crippen LogP contribution in [-0.2, 0) is 16.2 Å². The Kier molecular flexibility index (Phi) is 6.24. The van der Waals surface area contributed by atoms with Crippen molar-refractivity contribution in [3.63, 3.8) is 0 Å². The van der Waals surface area contributed by atoms with Crippen LogP contribution < -0.4 is 9.83 Å². The van der Waals surface area contributed by atoms with Crippen molar-refractivity contribution in [3.8, 4) is 11.5 Å². The van der Waals surface area contributed by atoms with Crippen LogP contribution in [0.2, 0.25) is 0 Å². The largest absolute Gasteiger partial charge is 0.508 e. The van der Waals surface area contributed by atoms with E-state index in [0.29, 0.717) is 5.75 Å². The molecule has 4 heteroatoms. The molecule has 0 heterocycles. The van der Waals surface area contributed by atoms with E-state index in [1.165, 1.54) is 5.56 Å². The zero-order valence-electron chi connectivity index (χ0n) is 18.7. The summed E-state index contributed by atoms with van der Waals surface area (Å²) in [5.74, 6) is 0.723. The molecular formula is C24H35O3P.